The Hall–Kier alpha value is -3.78. The minimum atomic E-state index is -0.149. The number of rotatable bonds is 5. The molecule has 1 saturated heterocycles. The van der Waals surface area contributed by atoms with Crippen molar-refractivity contribution in [2.45, 2.75) is 44.7 Å². The zero-order chi connectivity index (χ0) is 24.1. The highest BCUT2D eigenvalue weighted by Crippen LogP contribution is 2.42. The van der Waals surface area contributed by atoms with Crippen molar-refractivity contribution in [3.05, 3.63) is 66.0 Å². The van der Waals surface area contributed by atoms with Gasteiger partial charge in [-0.15, -0.1) is 0 Å². The van der Waals surface area contributed by atoms with Crippen molar-refractivity contribution in [2.24, 2.45) is 5.92 Å². The minimum absolute atomic E-state index is 0.149. The molecule has 8 heteroatoms. The van der Waals surface area contributed by atoms with E-state index in [1.807, 2.05) is 47.1 Å². The number of hydrogen-bond acceptors (Lipinski definition) is 6. The number of benzene rings is 2. The number of nitrogen functional groups attached to an aromatic ring is 1. The van der Waals surface area contributed by atoms with Gasteiger partial charge in [0.2, 0.25) is 0 Å². The maximum Gasteiger partial charge on any atom is 0.255 e. The molecule has 4 aromatic rings. The first kappa shape index (κ1) is 21.7. The molecule has 3 unspecified atom stereocenters. The Labute approximate surface area is 204 Å². The fourth-order valence-electron chi connectivity index (χ4n) is 5.48. The molecule has 2 bridgehead atoms. The highest BCUT2D eigenvalue weighted by atomic mass is 16.1. The standard InChI is InChI=1S/C27H29N7O/c1-15(2)19-4-3-5-20(12-19)32-27(35)18-8-6-17(7-9-18)24-23-25(28)30-14-31-26(23)34(33-24)22-11-16-10-21(22)29-13-16/h3-9,12,14-16,21-22,29H,10-11,13H2,1-2H3,(H,32,35)(H2,28,30,31). The van der Waals surface area contributed by atoms with E-state index in [1.54, 1.807) is 0 Å². The van der Waals surface area contributed by atoms with Crippen LogP contribution in [0.2, 0.25) is 0 Å². The van der Waals surface area contributed by atoms with E-state index in [-0.39, 0.29) is 11.9 Å². The molecule has 8 nitrogen and oxygen atoms in total. The molecular formula is C27H29N7O. The van der Waals surface area contributed by atoms with Crippen LogP contribution in [0.5, 0.6) is 0 Å². The molecule has 3 atom stereocenters. The average molecular weight is 468 g/mol. The Balaban J connectivity index is 1.30. The van der Waals surface area contributed by atoms with Gasteiger partial charge in [-0.3, -0.25) is 4.79 Å². The van der Waals surface area contributed by atoms with Crippen LogP contribution in [0.25, 0.3) is 22.3 Å². The molecule has 1 aliphatic carbocycles. The fraction of sp³-hybridized carbons (Fsp3) is 0.333. The lowest BCUT2D eigenvalue weighted by molar-refractivity contribution is 0.102. The van der Waals surface area contributed by atoms with E-state index in [0.29, 0.717) is 29.3 Å². The minimum Gasteiger partial charge on any atom is -0.383 e. The summed E-state index contributed by atoms with van der Waals surface area (Å²) in [6, 6.07) is 16.1. The van der Waals surface area contributed by atoms with Gasteiger partial charge in [-0.2, -0.15) is 5.10 Å². The lowest BCUT2D eigenvalue weighted by Gasteiger charge is -2.23. The number of piperidine rings is 1. The normalized spacial score (nSPS) is 21.2. The first-order valence-corrected chi connectivity index (χ1v) is 12.2. The lowest BCUT2D eigenvalue weighted by atomic mass is 10.0. The van der Waals surface area contributed by atoms with Crippen LogP contribution >= 0.6 is 0 Å². The van der Waals surface area contributed by atoms with Crippen LogP contribution in [0, 0.1) is 5.92 Å². The number of aromatic nitrogens is 4. The zero-order valence-electron chi connectivity index (χ0n) is 19.9. The van der Waals surface area contributed by atoms with Crippen molar-refractivity contribution in [3.8, 4) is 11.3 Å². The summed E-state index contributed by atoms with van der Waals surface area (Å²) in [6.07, 6.45) is 3.77. The van der Waals surface area contributed by atoms with Crippen molar-refractivity contribution >= 4 is 28.4 Å². The highest BCUT2D eigenvalue weighted by Gasteiger charge is 2.42. The van der Waals surface area contributed by atoms with Gasteiger partial charge in [0.25, 0.3) is 5.91 Å². The number of anilines is 2. The Bertz CT molecular complexity index is 1410. The van der Waals surface area contributed by atoms with Gasteiger partial charge in [0.15, 0.2) is 5.65 Å². The number of nitrogens with two attached hydrogens (primary N) is 1. The van der Waals surface area contributed by atoms with Gasteiger partial charge in [0.05, 0.1) is 11.4 Å². The molecule has 0 radical (unpaired) electrons. The van der Waals surface area contributed by atoms with E-state index in [2.05, 4.69) is 40.5 Å². The third-order valence-electron chi connectivity index (χ3n) is 7.36. The predicted molar refractivity (Wildman–Crippen MR) is 137 cm³/mol. The predicted octanol–water partition coefficient (Wildman–Crippen LogP) is 4.37. The third-order valence-corrected chi connectivity index (χ3v) is 7.36. The molecule has 1 saturated carbocycles. The number of nitrogens with one attached hydrogen (secondary N) is 2. The summed E-state index contributed by atoms with van der Waals surface area (Å²) >= 11 is 0. The first-order valence-electron chi connectivity index (χ1n) is 12.2. The summed E-state index contributed by atoms with van der Waals surface area (Å²) in [5, 5.41) is 12.4. The number of amides is 1. The van der Waals surface area contributed by atoms with E-state index in [0.717, 1.165) is 40.9 Å². The molecule has 4 N–H and O–H groups in total. The molecule has 1 aliphatic heterocycles. The average Bonchev–Trinajstić information content (AvgIpc) is 3.59. The Kier molecular flexibility index (Phi) is 5.25. The van der Waals surface area contributed by atoms with Crippen LogP contribution in [0.3, 0.4) is 0 Å². The van der Waals surface area contributed by atoms with Crippen molar-refractivity contribution in [3.63, 3.8) is 0 Å². The molecule has 0 spiro atoms. The molecule has 3 heterocycles. The SMILES string of the molecule is CC(C)c1cccc(NC(=O)c2ccc(-c3nn(C4CC5CNC4C5)c4ncnc(N)c34)cc2)c1. The molecule has 178 valence electrons. The second kappa shape index (κ2) is 8.46. The van der Waals surface area contributed by atoms with E-state index in [9.17, 15) is 4.79 Å². The largest absolute Gasteiger partial charge is 0.383 e. The van der Waals surface area contributed by atoms with Gasteiger partial charge in [-0.25, -0.2) is 14.6 Å². The molecule has 2 aliphatic rings. The Morgan fingerprint density at radius 1 is 1.14 bits per heavy atom. The van der Waals surface area contributed by atoms with Crippen LogP contribution in [-0.4, -0.2) is 38.2 Å². The zero-order valence-corrected chi connectivity index (χ0v) is 19.9. The van der Waals surface area contributed by atoms with Crippen molar-refractivity contribution < 1.29 is 4.79 Å². The topological polar surface area (TPSA) is 111 Å². The fourth-order valence-corrected chi connectivity index (χ4v) is 5.48. The summed E-state index contributed by atoms with van der Waals surface area (Å²) in [7, 11) is 0. The smallest absolute Gasteiger partial charge is 0.255 e. The van der Waals surface area contributed by atoms with Crippen LogP contribution < -0.4 is 16.4 Å². The Morgan fingerprint density at radius 2 is 1.97 bits per heavy atom. The van der Waals surface area contributed by atoms with Crippen molar-refractivity contribution in [1.29, 1.82) is 0 Å². The molecule has 35 heavy (non-hydrogen) atoms. The molecule has 2 aromatic carbocycles. The number of carbonyl (C=O) groups excluding carboxylic acids is 1. The van der Waals surface area contributed by atoms with E-state index in [4.69, 9.17) is 10.8 Å². The van der Waals surface area contributed by atoms with E-state index < -0.39 is 0 Å². The number of nitrogens with zero attached hydrogens (tertiary/aromatic N) is 4. The third kappa shape index (κ3) is 3.83. The summed E-state index contributed by atoms with van der Waals surface area (Å²) in [5.74, 6) is 1.35. The van der Waals surface area contributed by atoms with Gasteiger partial charge in [-0.05, 0) is 61.1 Å². The van der Waals surface area contributed by atoms with Crippen LogP contribution in [0.1, 0.15) is 54.6 Å². The van der Waals surface area contributed by atoms with Gasteiger partial charge < -0.3 is 16.4 Å². The summed E-state index contributed by atoms with van der Waals surface area (Å²) in [6.45, 7) is 5.35. The Morgan fingerprint density at radius 3 is 2.69 bits per heavy atom. The molecule has 2 fully saturated rings. The second-order valence-corrected chi connectivity index (χ2v) is 9.98. The van der Waals surface area contributed by atoms with E-state index >= 15 is 0 Å². The quantitative estimate of drug-likeness (QED) is 0.402. The van der Waals surface area contributed by atoms with Crippen LogP contribution in [0.4, 0.5) is 11.5 Å². The molecule has 2 aromatic heterocycles. The monoisotopic (exact) mass is 467 g/mol. The summed E-state index contributed by atoms with van der Waals surface area (Å²) < 4.78 is 2.03. The van der Waals surface area contributed by atoms with E-state index in [1.165, 1.54) is 18.3 Å². The maximum absolute atomic E-state index is 12.9. The van der Waals surface area contributed by atoms with Crippen molar-refractivity contribution in [2.75, 3.05) is 17.6 Å². The molecule has 6 rings (SSSR count). The first-order chi connectivity index (χ1) is 17.0. The summed E-state index contributed by atoms with van der Waals surface area (Å²) in [4.78, 5) is 21.7. The number of carbonyl (C=O) groups is 1. The van der Waals surface area contributed by atoms with Crippen LogP contribution in [-0.2, 0) is 0 Å². The number of hydrogen-bond donors (Lipinski definition) is 3. The second-order valence-electron chi connectivity index (χ2n) is 9.98. The lowest BCUT2D eigenvalue weighted by Crippen LogP contribution is -2.35. The van der Waals surface area contributed by atoms with Gasteiger partial charge in [0, 0.05) is 22.9 Å². The number of fused-ring (bicyclic) bond motifs is 3. The van der Waals surface area contributed by atoms with Crippen LogP contribution in [0.15, 0.2) is 54.9 Å². The molecule has 1 amide bonds. The van der Waals surface area contributed by atoms with Gasteiger partial charge >= 0.3 is 0 Å². The maximum atomic E-state index is 12.9. The van der Waals surface area contributed by atoms with Gasteiger partial charge in [0.1, 0.15) is 17.8 Å². The highest BCUT2D eigenvalue weighted by molar-refractivity contribution is 6.05. The molecular weight excluding hydrogens is 438 g/mol. The van der Waals surface area contributed by atoms with Crippen molar-refractivity contribution in [1.82, 2.24) is 25.1 Å². The summed E-state index contributed by atoms with van der Waals surface area (Å²) in [5.41, 5.74) is 11.2. The van der Waals surface area contributed by atoms with Gasteiger partial charge in [-0.1, -0.05) is 38.1 Å².